The third-order valence-electron chi connectivity index (χ3n) is 4.84. The molecule has 6 nitrogen and oxygen atoms in total. The normalized spacial score (nSPS) is 15.6. The maximum atomic E-state index is 12.5. The molecule has 33 heavy (non-hydrogen) atoms. The number of nitrogens with one attached hydrogen (secondary N) is 1. The van der Waals surface area contributed by atoms with Gasteiger partial charge in [0, 0.05) is 10.6 Å². The average molecular weight is 479 g/mol. The number of halogens is 1. The minimum absolute atomic E-state index is 0.136. The summed E-state index contributed by atoms with van der Waals surface area (Å²) in [4.78, 5) is 28.7. The first-order chi connectivity index (χ1) is 15.9. The van der Waals surface area contributed by atoms with Gasteiger partial charge >= 0.3 is 5.97 Å². The molecular weight excluding hydrogens is 460 g/mol. The lowest BCUT2D eigenvalue weighted by molar-refractivity contribution is -0.115. The topological polar surface area (TPSA) is 88.0 Å². The third-order valence-corrected chi connectivity index (χ3v) is 6.00. The number of carboxylic acid groups (broad SMARTS) is 1. The second-order valence-electron chi connectivity index (χ2n) is 7.24. The van der Waals surface area contributed by atoms with Gasteiger partial charge < -0.3 is 15.2 Å². The number of hydrogen-bond acceptors (Lipinski definition) is 5. The maximum Gasteiger partial charge on any atom is 0.335 e. The number of aryl methyl sites for hydroxylation is 1. The van der Waals surface area contributed by atoms with E-state index >= 15 is 0 Å². The van der Waals surface area contributed by atoms with Crippen molar-refractivity contribution in [1.29, 1.82) is 0 Å². The van der Waals surface area contributed by atoms with Crippen LogP contribution in [0.15, 0.2) is 76.6 Å². The molecule has 2 N–H and O–H groups in total. The number of carboxylic acids is 1. The van der Waals surface area contributed by atoms with Crippen molar-refractivity contribution < 1.29 is 19.4 Å². The summed E-state index contributed by atoms with van der Waals surface area (Å²) in [6, 6.07) is 19.6. The molecule has 0 bridgehead atoms. The molecular formula is C25H19ClN2O4S. The smallest absolute Gasteiger partial charge is 0.335 e. The van der Waals surface area contributed by atoms with E-state index < -0.39 is 5.97 Å². The van der Waals surface area contributed by atoms with Gasteiger partial charge in [0.2, 0.25) is 0 Å². The number of carbonyl (C=O) groups excluding carboxylic acids is 1. The van der Waals surface area contributed by atoms with Gasteiger partial charge in [0.25, 0.3) is 5.91 Å². The van der Waals surface area contributed by atoms with Crippen LogP contribution < -0.4 is 10.1 Å². The van der Waals surface area contributed by atoms with Crippen LogP contribution >= 0.6 is 23.4 Å². The lowest BCUT2D eigenvalue weighted by atomic mass is 10.1. The largest absolute Gasteiger partial charge is 0.488 e. The number of rotatable bonds is 6. The number of nitrogens with zero attached hydrogens (tertiary/aromatic N) is 1. The molecule has 8 heteroatoms. The van der Waals surface area contributed by atoms with E-state index in [1.165, 1.54) is 23.9 Å². The van der Waals surface area contributed by atoms with Gasteiger partial charge in [0.05, 0.1) is 16.2 Å². The molecule has 0 spiro atoms. The highest BCUT2D eigenvalue weighted by molar-refractivity contribution is 8.18. The van der Waals surface area contributed by atoms with Crippen LogP contribution in [0.3, 0.4) is 0 Å². The molecule has 0 saturated carbocycles. The van der Waals surface area contributed by atoms with Crippen molar-refractivity contribution in [2.45, 2.75) is 13.5 Å². The van der Waals surface area contributed by atoms with Crippen LogP contribution in [-0.2, 0) is 11.4 Å². The van der Waals surface area contributed by atoms with Crippen LogP contribution in [0.4, 0.5) is 5.69 Å². The zero-order chi connectivity index (χ0) is 23.4. The molecule has 1 fully saturated rings. The Morgan fingerprint density at radius 2 is 1.91 bits per heavy atom. The molecule has 0 atom stereocenters. The number of ether oxygens (including phenoxy) is 1. The van der Waals surface area contributed by atoms with E-state index in [0.717, 1.165) is 16.7 Å². The Morgan fingerprint density at radius 1 is 1.15 bits per heavy atom. The van der Waals surface area contributed by atoms with Crippen molar-refractivity contribution in [3.63, 3.8) is 0 Å². The van der Waals surface area contributed by atoms with Gasteiger partial charge in [-0.05, 0) is 66.2 Å². The summed E-state index contributed by atoms with van der Waals surface area (Å²) in [5.41, 5.74) is 3.17. The fourth-order valence-electron chi connectivity index (χ4n) is 3.07. The predicted octanol–water partition coefficient (Wildman–Crippen LogP) is 5.82. The van der Waals surface area contributed by atoms with Crippen molar-refractivity contribution >= 4 is 52.2 Å². The lowest BCUT2D eigenvalue weighted by Crippen LogP contribution is -2.19. The molecule has 1 amide bonds. The Balaban J connectivity index is 1.54. The van der Waals surface area contributed by atoms with Crippen LogP contribution in [0, 0.1) is 6.92 Å². The minimum Gasteiger partial charge on any atom is -0.488 e. The van der Waals surface area contributed by atoms with Gasteiger partial charge in [-0.3, -0.25) is 4.79 Å². The number of benzene rings is 3. The minimum atomic E-state index is -1.03. The van der Waals surface area contributed by atoms with Crippen LogP contribution in [0.2, 0.25) is 5.02 Å². The first-order valence-corrected chi connectivity index (χ1v) is 11.2. The second kappa shape index (κ2) is 9.94. The van der Waals surface area contributed by atoms with Crippen molar-refractivity contribution in [2.24, 2.45) is 4.99 Å². The summed E-state index contributed by atoms with van der Waals surface area (Å²) in [7, 11) is 0. The molecule has 0 unspecified atom stereocenters. The van der Waals surface area contributed by atoms with E-state index in [1.54, 1.807) is 12.1 Å². The van der Waals surface area contributed by atoms with Gasteiger partial charge in [0.1, 0.15) is 12.4 Å². The van der Waals surface area contributed by atoms with Crippen molar-refractivity contribution in [3.05, 3.63) is 98.9 Å². The molecule has 0 aliphatic carbocycles. The zero-order valence-electron chi connectivity index (χ0n) is 17.5. The van der Waals surface area contributed by atoms with Crippen LogP contribution in [-0.4, -0.2) is 22.2 Å². The monoisotopic (exact) mass is 478 g/mol. The molecule has 1 aliphatic heterocycles. The molecule has 4 rings (SSSR count). The fraction of sp³-hybridized carbons (Fsp3) is 0.0800. The summed E-state index contributed by atoms with van der Waals surface area (Å²) in [6.07, 6.45) is 1.75. The fourth-order valence-corrected chi connectivity index (χ4v) is 4.02. The molecule has 1 aliphatic rings. The maximum absolute atomic E-state index is 12.5. The van der Waals surface area contributed by atoms with E-state index in [1.807, 2.05) is 55.5 Å². The quantitative estimate of drug-likeness (QED) is 0.436. The number of amides is 1. The molecule has 3 aromatic rings. The van der Waals surface area contributed by atoms with Gasteiger partial charge in [0.15, 0.2) is 5.17 Å². The molecule has 1 saturated heterocycles. The highest BCUT2D eigenvalue weighted by atomic mass is 35.5. The Morgan fingerprint density at radius 3 is 2.67 bits per heavy atom. The van der Waals surface area contributed by atoms with E-state index in [9.17, 15) is 14.7 Å². The Hall–Kier alpha value is -3.55. The van der Waals surface area contributed by atoms with Gasteiger partial charge in [-0.15, -0.1) is 0 Å². The lowest BCUT2D eigenvalue weighted by Gasteiger charge is -2.09. The molecule has 0 radical (unpaired) electrons. The van der Waals surface area contributed by atoms with E-state index in [2.05, 4.69) is 10.3 Å². The van der Waals surface area contributed by atoms with E-state index in [0.29, 0.717) is 33.1 Å². The van der Waals surface area contributed by atoms with Crippen LogP contribution in [0.5, 0.6) is 5.75 Å². The summed E-state index contributed by atoms with van der Waals surface area (Å²) in [6.45, 7) is 2.19. The highest BCUT2D eigenvalue weighted by Crippen LogP contribution is 2.32. The number of aliphatic imine (C=N–C) groups is 1. The Labute approximate surface area is 200 Å². The van der Waals surface area contributed by atoms with Gasteiger partial charge in [-0.1, -0.05) is 48.0 Å². The van der Waals surface area contributed by atoms with Crippen molar-refractivity contribution in [1.82, 2.24) is 5.32 Å². The number of para-hydroxylation sites is 1. The predicted molar refractivity (Wildman–Crippen MR) is 131 cm³/mol. The second-order valence-corrected chi connectivity index (χ2v) is 8.71. The molecule has 3 aromatic carbocycles. The van der Waals surface area contributed by atoms with Crippen molar-refractivity contribution in [2.75, 3.05) is 0 Å². The first kappa shape index (κ1) is 22.6. The summed E-state index contributed by atoms with van der Waals surface area (Å²) < 4.78 is 5.97. The molecule has 166 valence electrons. The van der Waals surface area contributed by atoms with E-state index in [4.69, 9.17) is 16.3 Å². The number of amidine groups is 1. The number of hydrogen-bond donors (Lipinski definition) is 2. The Bertz CT molecular complexity index is 1290. The zero-order valence-corrected chi connectivity index (χ0v) is 19.1. The standard InChI is InChI=1S/C25H19ClN2O4S/c1-15-6-9-18(24(30)31)12-20(15)27-25-28-23(29)22(33-25)13-17-4-2-3-5-21(17)32-14-16-7-10-19(26)11-8-16/h2-13H,14H2,1H3,(H,30,31)(H,27,28,29)/b22-13-. The average Bonchev–Trinajstić information content (AvgIpc) is 3.14. The third kappa shape index (κ3) is 5.63. The Kier molecular flexibility index (Phi) is 6.82. The van der Waals surface area contributed by atoms with Gasteiger partial charge in [-0.2, -0.15) is 0 Å². The van der Waals surface area contributed by atoms with Crippen molar-refractivity contribution in [3.8, 4) is 5.75 Å². The number of thioether (sulfide) groups is 1. The highest BCUT2D eigenvalue weighted by Gasteiger charge is 2.24. The number of aromatic carboxylic acids is 1. The summed E-state index contributed by atoms with van der Waals surface area (Å²) in [5.74, 6) is -0.669. The number of carbonyl (C=O) groups is 2. The van der Waals surface area contributed by atoms with Crippen LogP contribution in [0.25, 0.3) is 6.08 Å². The van der Waals surface area contributed by atoms with Gasteiger partial charge in [-0.25, -0.2) is 9.79 Å². The van der Waals surface area contributed by atoms with E-state index in [-0.39, 0.29) is 11.5 Å². The molecule has 1 heterocycles. The van der Waals surface area contributed by atoms with Crippen LogP contribution in [0.1, 0.15) is 27.0 Å². The summed E-state index contributed by atoms with van der Waals surface area (Å²) >= 11 is 7.12. The summed E-state index contributed by atoms with van der Waals surface area (Å²) in [5, 5.41) is 13.0. The SMILES string of the molecule is Cc1ccc(C(=O)O)cc1N=C1NC(=O)/C(=C/c2ccccc2OCc2ccc(Cl)cc2)S1. The molecule has 0 aromatic heterocycles. The first-order valence-electron chi connectivity index (χ1n) is 9.99.